The summed E-state index contributed by atoms with van der Waals surface area (Å²) in [6, 6.07) is 4.01. The number of esters is 1. The van der Waals surface area contributed by atoms with Crippen LogP contribution in [0.5, 0.6) is 5.75 Å². The Balaban J connectivity index is 1.77. The van der Waals surface area contributed by atoms with Crippen LogP contribution in [-0.2, 0) is 14.3 Å². The molecule has 0 aromatic carbocycles. The minimum absolute atomic E-state index is 0.258. The number of pyridine rings is 2. The predicted molar refractivity (Wildman–Crippen MR) is 160 cm³/mol. The molecule has 7 nitrogen and oxygen atoms in total. The number of ether oxygens (including phenoxy) is 3. The van der Waals surface area contributed by atoms with Gasteiger partial charge in [-0.15, -0.1) is 0 Å². The summed E-state index contributed by atoms with van der Waals surface area (Å²) in [7, 11) is 0. The first-order valence-electron chi connectivity index (χ1n) is 15.0. The molecular weight excluding hydrogens is 502 g/mol. The monoisotopic (exact) mass is 551 g/mol. The van der Waals surface area contributed by atoms with Gasteiger partial charge in [0.05, 0.1) is 35.4 Å². The fourth-order valence-corrected chi connectivity index (χ4v) is 5.56. The number of hydrogen-bond acceptors (Lipinski definition) is 7. The molecule has 0 N–H and O–H groups in total. The maximum absolute atomic E-state index is 13.6. The van der Waals surface area contributed by atoms with Gasteiger partial charge in [-0.05, 0) is 90.7 Å². The molecule has 4 rings (SSSR count). The zero-order chi connectivity index (χ0) is 29.2. The first-order valence-corrected chi connectivity index (χ1v) is 15.0. The van der Waals surface area contributed by atoms with Crippen molar-refractivity contribution in [2.24, 2.45) is 11.3 Å². The van der Waals surface area contributed by atoms with E-state index in [1.807, 2.05) is 66.1 Å². The van der Waals surface area contributed by atoms with Crippen molar-refractivity contribution in [3.8, 4) is 17.0 Å². The zero-order valence-corrected chi connectivity index (χ0v) is 26.0. The molecule has 3 heterocycles. The number of piperidine rings is 1. The van der Waals surface area contributed by atoms with E-state index in [-0.39, 0.29) is 17.6 Å². The van der Waals surface area contributed by atoms with Gasteiger partial charge in [-0.25, -0.2) is 4.79 Å². The molecule has 7 heteroatoms. The maximum atomic E-state index is 13.6. The minimum Gasteiger partial charge on any atom is -0.489 e. The molecule has 1 saturated carbocycles. The molecule has 1 aliphatic heterocycles. The van der Waals surface area contributed by atoms with Crippen LogP contribution in [0.2, 0.25) is 0 Å². The quantitative estimate of drug-likeness (QED) is 0.300. The van der Waals surface area contributed by atoms with Crippen LogP contribution >= 0.6 is 0 Å². The lowest BCUT2D eigenvalue weighted by atomic mass is 9.80. The fraction of sp³-hybridized carbons (Fsp3) is 0.667. The summed E-state index contributed by atoms with van der Waals surface area (Å²) in [4.78, 5) is 25.6. The van der Waals surface area contributed by atoms with Crippen molar-refractivity contribution in [1.82, 2.24) is 9.97 Å². The Hall–Kier alpha value is -2.67. The van der Waals surface area contributed by atoms with Crippen LogP contribution < -0.4 is 9.64 Å². The van der Waals surface area contributed by atoms with Crippen LogP contribution in [-0.4, -0.2) is 46.8 Å². The molecule has 0 amide bonds. The van der Waals surface area contributed by atoms with Crippen molar-refractivity contribution in [2.75, 3.05) is 18.0 Å². The molecule has 0 spiro atoms. The van der Waals surface area contributed by atoms with Crippen LogP contribution in [0.15, 0.2) is 24.5 Å². The highest BCUT2D eigenvalue weighted by atomic mass is 16.6. The van der Waals surface area contributed by atoms with Gasteiger partial charge in [-0.1, -0.05) is 27.2 Å². The number of aryl methyl sites for hydroxylation is 1. The number of aromatic nitrogens is 2. The molecule has 0 radical (unpaired) electrons. The van der Waals surface area contributed by atoms with E-state index in [2.05, 4.69) is 25.7 Å². The van der Waals surface area contributed by atoms with E-state index in [0.29, 0.717) is 0 Å². The molecule has 2 fully saturated rings. The standard InChI is InChI=1S/C33H49N3O4/c1-10-23-17-25(18-23)39-24-11-12-27(35-19-24)26-20-34-22(4)28(29(26)36-15-13-33(8,9)14-16-36)30(40-32(5,6)7)31(37)38-21(2)3/h11-12,19-21,23,25,30H,10,13-18H2,1-9H3/t23?,25?,30-/m0/s1. The van der Waals surface area contributed by atoms with Gasteiger partial charge in [-0.2, -0.15) is 0 Å². The summed E-state index contributed by atoms with van der Waals surface area (Å²) in [6.07, 6.45) is 8.34. The van der Waals surface area contributed by atoms with Crippen LogP contribution in [0, 0.1) is 18.3 Å². The summed E-state index contributed by atoms with van der Waals surface area (Å²) in [5.74, 6) is 1.17. The van der Waals surface area contributed by atoms with E-state index in [9.17, 15) is 4.79 Å². The highest BCUT2D eigenvalue weighted by molar-refractivity contribution is 5.86. The molecule has 2 aromatic rings. The summed E-state index contributed by atoms with van der Waals surface area (Å²) < 4.78 is 18.4. The Bertz CT molecular complexity index is 1150. The van der Waals surface area contributed by atoms with Crippen molar-refractivity contribution < 1.29 is 19.0 Å². The minimum atomic E-state index is -0.910. The lowest BCUT2D eigenvalue weighted by Gasteiger charge is -2.41. The Morgan fingerprint density at radius 1 is 1.10 bits per heavy atom. The van der Waals surface area contributed by atoms with Gasteiger partial charge in [0, 0.05) is 36.1 Å². The first-order chi connectivity index (χ1) is 18.8. The van der Waals surface area contributed by atoms with Gasteiger partial charge in [0.25, 0.3) is 0 Å². The lowest BCUT2D eigenvalue weighted by molar-refractivity contribution is -0.171. The molecule has 0 bridgehead atoms. The third-order valence-electron chi connectivity index (χ3n) is 8.10. The van der Waals surface area contributed by atoms with Gasteiger partial charge in [0.15, 0.2) is 6.10 Å². The smallest absolute Gasteiger partial charge is 0.340 e. The number of carbonyl (C=O) groups is 1. The van der Waals surface area contributed by atoms with E-state index >= 15 is 0 Å². The predicted octanol–water partition coefficient (Wildman–Crippen LogP) is 7.45. The van der Waals surface area contributed by atoms with Crippen LogP contribution in [0.25, 0.3) is 11.3 Å². The molecule has 1 aliphatic carbocycles. The second kappa shape index (κ2) is 12.1. The normalized spacial score (nSPS) is 21.6. The molecular formula is C33H49N3O4. The average molecular weight is 552 g/mol. The van der Waals surface area contributed by atoms with Crippen molar-refractivity contribution in [3.05, 3.63) is 35.8 Å². The summed E-state index contributed by atoms with van der Waals surface area (Å²) >= 11 is 0. The van der Waals surface area contributed by atoms with Gasteiger partial charge in [-0.3, -0.25) is 9.97 Å². The summed E-state index contributed by atoms with van der Waals surface area (Å²) in [5.41, 5.74) is 3.87. The third-order valence-corrected chi connectivity index (χ3v) is 8.10. The van der Waals surface area contributed by atoms with E-state index in [1.54, 1.807) is 0 Å². The van der Waals surface area contributed by atoms with Crippen molar-refractivity contribution in [3.63, 3.8) is 0 Å². The SMILES string of the molecule is CCC1CC(Oc2ccc(-c3cnc(C)c([C@H](OC(C)(C)C)C(=O)OC(C)C)c3N3CCC(C)(C)CC3)nc2)C1. The molecule has 2 aromatic heterocycles. The molecule has 220 valence electrons. The van der Waals surface area contributed by atoms with E-state index in [0.717, 1.165) is 78.6 Å². The molecule has 2 aliphatic rings. The maximum Gasteiger partial charge on any atom is 0.340 e. The number of nitrogens with zero attached hydrogens (tertiary/aromatic N) is 3. The number of carbonyl (C=O) groups excluding carboxylic acids is 1. The second-order valence-electron chi connectivity index (χ2n) is 13.6. The Morgan fingerprint density at radius 2 is 1.77 bits per heavy atom. The molecule has 0 unspecified atom stereocenters. The van der Waals surface area contributed by atoms with Crippen LogP contribution in [0.4, 0.5) is 5.69 Å². The van der Waals surface area contributed by atoms with E-state index in [4.69, 9.17) is 24.2 Å². The summed E-state index contributed by atoms with van der Waals surface area (Å²) in [6.45, 7) is 20.2. The van der Waals surface area contributed by atoms with Crippen LogP contribution in [0.1, 0.15) is 105 Å². The van der Waals surface area contributed by atoms with E-state index in [1.165, 1.54) is 6.42 Å². The largest absolute Gasteiger partial charge is 0.489 e. The highest BCUT2D eigenvalue weighted by Crippen LogP contribution is 2.43. The van der Waals surface area contributed by atoms with Crippen LogP contribution in [0.3, 0.4) is 0 Å². The van der Waals surface area contributed by atoms with Gasteiger partial charge < -0.3 is 19.1 Å². The zero-order valence-electron chi connectivity index (χ0n) is 26.0. The van der Waals surface area contributed by atoms with Gasteiger partial charge >= 0.3 is 5.97 Å². The topological polar surface area (TPSA) is 73.8 Å². The first kappa shape index (κ1) is 30.3. The molecule has 1 saturated heterocycles. The van der Waals surface area contributed by atoms with Gasteiger partial charge in [0.2, 0.25) is 0 Å². The fourth-order valence-electron chi connectivity index (χ4n) is 5.56. The van der Waals surface area contributed by atoms with Crippen molar-refractivity contribution in [1.29, 1.82) is 0 Å². The molecule has 1 atom stereocenters. The highest BCUT2D eigenvalue weighted by Gasteiger charge is 2.37. The lowest BCUT2D eigenvalue weighted by Crippen LogP contribution is -2.39. The molecule has 40 heavy (non-hydrogen) atoms. The number of rotatable bonds is 9. The van der Waals surface area contributed by atoms with E-state index < -0.39 is 17.7 Å². The Kier molecular flexibility index (Phi) is 9.13. The third kappa shape index (κ3) is 7.34. The number of hydrogen-bond donors (Lipinski definition) is 0. The average Bonchev–Trinajstić information content (AvgIpc) is 2.84. The second-order valence-corrected chi connectivity index (χ2v) is 13.6. The van der Waals surface area contributed by atoms with Gasteiger partial charge in [0.1, 0.15) is 5.75 Å². The van der Waals surface area contributed by atoms with Crippen molar-refractivity contribution >= 4 is 11.7 Å². The Morgan fingerprint density at radius 3 is 2.33 bits per heavy atom. The Labute approximate surface area is 241 Å². The number of anilines is 1. The van der Waals surface area contributed by atoms with Crippen molar-refractivity contribution in [2.45, 2.75) is 118 Å². The summed E-state index contributed by atoms with van der Waals surface area (Å²) in [5, 5.41) is 0.